The molecular formula is C31H43FN2O5S2. The van der Waals surface area contributed by atoms with Crippen LogP contribution in [0.4, 0.5) is 4.39 Å². The van der Waals surface area contributed by atoms with Gasteiger partial charge in [0, 0.05) is 42.9 Å². The molecule has 3 N–H and O–H groups in total. The Balaban J connectivity index is 1.67. The Morgan fingerprint density at radius 2 is 2.00 bits per heavy atom. The molecule has 0 amide bonds. The van der Waals surface area contributed by atoms with E-state index < -0.39 is 27.9 Å². The predicted molar refractivity (Wildman–Crippen MR) is 164 cm³/mol. The van der Waals surface area contributed by atoms with Crippen LogP contribution in [0.2, 0.25) is 0 Å². The summed E-state index contributed by atoms with van der Waals surface area (Å²) in [5.74, 6) is -1.47. The van der Waals surface area contributed by atoms with Gasteiger partial charge >= 0.3 is 5.97 Å². The number of carbonyl (C=O) groups is 1. The topological polar surface area (TPSA) is 107 Å². The van der Waals surface area contributed by atoms with Gasteiger partial charge in [-0.3, -0.25) is 4.79 Å². The van der Waals surface area contributed by atoms with Crippen molar-refractivity contribution in [1.82, 2.24) is 9.62 Å². The van der Waals surface area contributed by atoms with Crippen molar-refractivity contribution < 1.29 is 27.8 Å². The molecule has 0 radical (unpaired) electrons. The second kappa shape index (κ2) is 14.8. The molecule has 3 rings (SSSR count). The minimum atomic E-state index is -3.93. The normalized spacial score (nSPS) is 16.4. The highest BCUT2D eigenvalue weighted by Crippen LogP contribution is 2.32. The van der Waals surface area contributed by atoms with Crippen molar-refractivity contribution in [3.63, 3.8) is 0 Å². The molecule has 1 unspecified atom stereocenters. The third-order valence-electron chi connectivity index (χ3n) is 7.50. The number of allylic oxidation sites excluding steroid dienone is 1. The number of aryl methyl sites for hydroxylation is 2. The van der Waals surface area contributed by atoms with Gasteiger partial charge in [-0.25, -0.2) is 12.8 Å². The number of aliphatic carboxylic acids is 1. The van der Waals surface area contributed by atoms with Crippen LogP contribution in [-0.4, -0.2) is 65.9 Å². The fourth-order valence-electron chi connectivity index (χ4n) is 5.10. The van der Waals surface area contributed by atoms with Crippen LogP contribution in [0, 0.1) is 5.82 Å². The second-order valence-corrected chi connectivity index (χ2v) is 14.5. The summed E-state index contributed by atoms with van der Waals surface area (Å²) < 4.78 is 43.1. The number of aliphatic hydroxyl groups is 1. The number of likely N-dealkylation sites (N-methyl/N-ethyl adjacent to an activating group) is 1. The zero-order chi connectivity index (χ0) is 30.2. The molecule has 2 atom stereocenters. The van der Waals surface area contributed by atoms with Crippen molar-refractivity contribution in [2.45, 2.75) is 87.5 Å². The van der Waals surface area contributed by atoms with Crippen molar-refractivity contribution in [3.8, 4) is 11.1 Å². The Hall–Kier alpha value is -2.24. The Labute approximate surface area is 248 Å². The van der Waals surface area contributed by atoms with Gasteiger partial charge in [-0.1, -0.05) is 37.6 Å². The highest BCUT2D eigenvalue weighted by atomic mass is 32.2. The molecule has 0 saturated heterocycles. The molecule has 10 heteroatoms. The third-order valence-corrected chi connectivity index (χ3v) is 10.6. The summed E-state index contributed by atoms with van der Waals surface area (Å²) in [4.78, 5) is 11.2. The van der Waals surface area contributed by atoms with E-state index in [-0.39, 0.29) is 41.9 Å². The van der Waals surface area contributed by atoms with E-state index >= 15 is 0 Å². The van der Waals surface area contributed by atoms with Crippen molar-refractivity contribution in [1.29, 1.82) is 0 Å². The van der Waals surface area contributed by atoms with E-state index in [2.05, 4.69) is 30.6 Å². The Kier molecular flexibility index (Phi) is 12.0. The molecule has 1 aliphatic heterocycles. The summed E-state index contributed by atoms with van der Waals surface area (Å²) in [6, 6.07) is 9.23. The van der Waals surface area contributed by atoms with Gasteiger partial charge in [0.05, 0.1) is 11.0 Å². The van der Waals surface area contributed by atoms with Crippen molar-refractivity contribution in [2.24, 2.45) is 0 Å². The largest absolute Gasteiger partial charge is 0.481 e. The summed E-state index contributed by atoms with van der Waals surface area (Å²) in [5.41, 5.74) is 1.66. The monoisotopic (exact) mass is 606 g/mol. The Morgan fingerprint density at radius 1 is 1.24 bits per heavy atom. The van der Waals surface area contributed by atoms with E-state index in [4.69, 9.17) is 5.11 Å². The number of rotatable bonds is 16. The first-order valence-electron chi connectivity index (χ1n) is 14.2. The molecule has 2 aromatic rings. The average Bonchev–Trinajstić information content (AvgIpc) is 3.44. The van der Waals surface area contributed by atoms with Gasteiger partial charge in [0.2, 0.25) is 10.0 Å². The number of aliphatic hydroxyl groups excluding tert-OH is 1. The average molecular weight is 607 g/mol. The zero-order valence-electron chi connectivity index (χ0n) is 24.4. The first kappa shape index (κ1) is 33.3. The van der Waals surface area contributed by atoms with Gasteiger partial charge in [0.15, 0.2) is 0 Å². The molecule has 0 aromatic heterocycles. The smallest absolute Gasteiger partial charge is 0.303 e. The molecule has 0 fully saturated rings. The number of β-amino-alcohol motifs (C(OH)–C–C–N with tert-alkyl or cyclic N) is 1. The summed E-state index contributed by atoms with van der Waals surface area (Å²) in [7, 11) is -2.48. The molecule has 0 aliphatic carbocycles. The van der Waals surface area contributed by atoms with Gasteiger partial charge < -0.3 is 15.5 Å². The van der Waals surface area contributed by atoms with Gasteiger partial charge in [-0.15, -0.1) is 11.8 Å². The minimum absolute atomic E-state index is 0.0760. The van der Waals surface area contributed by atoms with Crippen LogP contribution < -0.4 is 5.32 Å². The maximum absolute atomic E-state index is 14.9. The standard InChI is InChI=1S/C31H43FN2O5S2/c1-5-22-19-24(30-23(14-16-29(36)37)9-6-12-27(30)32)13-15-28(22)41(38,39)34(4)21-25(35)20-33-31(2,3)17-7-10-26-11-8-18-40-26/h6,8-9,12-13,15,18-19,25-26,33,35H,5,7,10-11,14,16-17,20-21H2,1-4H3,(H,36,37)/t25-,26?/m1/s1. The van der Waals surface area contributed by atoms with Gasteiger partial charge in [-0.05, 0) is 86.2 Å². The molecule has 0 bridgehead atoms. The lowest BCUT2D eigenvalue weighted by Crippen LogP contribution is -2.46. The Bertz CT molecular complexity index is 1320. The van der Waals surface area contributed by atoms with Crippen molar-refractivity contribution in [3.05, 3.63) is 64.8 Å². The number of sulfonamides is 1. The van der Waals surface area contributed by atoms with Gasteiger partial charge in [0.1, 0.15) is 5.82 Å². The third kappa shape index (κ3) is 9.38. The number of carboxylic acid groups (broad SMARTS) is 1. The summed E-state index contributed by atoms with van der Waals surface area (Å²) in [6.07, 6.45) is 6.02. The van der Waals surface area contributed by atoms with E-state index in [9.17, 15) is 22.7 Å². The van der Waals surface area contributed by atoms with Crippen LogP contribution in [0.25, 0.3) is 11.1 Å². The van der Waals surface area contributed by atoms with E-state index in [0.717, 1.165) is 30.0 Å². The lowest BCUT2D eigenvalue weighted by molar-refractivity contribution is -0.136. The lowest BCUT2D eigenvalue weighted by atomic mass is 9.94. The van der Waals surface area contributed by atoms with Crippen molar-refractivity contribution in [2.75, 3.05) is 20.1 Å². The fraction of sp³-hybridized carbons (Fsp3) is 0.516. The van der Waals surface area contributed by atoms with E-state index in [1.54, 1.807) is 24.3 Å². The number of hydrogen-bond donors (Lipinski definition) is 3. The van der Waals surface area contributed by atoms with Crippen LogP contribution in [0.5, 0.6) is 0 Å². The maximum Gasteiger partial charge on any atom is 0.303 e. The first-order valence-corrected chi connectivity index (χ1v) is 16.5. The van der Waals surface area contributed by atoms with E-state index in [0.29, 0.717) is 28.4 Å². The number of hydrogen-bond acceptors (Lipinski definition) is 6. The molecule has 226 valence electrons. The van der Waals surface area contributed by atoms with E-state index in [1.165, 1.54) is 19.2 Å². The number of thioether (sulfide) groups is 1. The molecule has 1 heterocycles. The van der Waals surface area contributed by atoms with Gasteiger partial charge in [0.25, 0.3) is 0 Å². The summed E-state index contributed by atoms with van der Waals surface area (Å²) in [5, 5.41) is 26.0. The zero-order valence-corrected chi connectivity index (χ0v) is 26.0. The molecule has 1 aliphatic rings. The highest BCUT2D eigenvalue weighted by Gasteiger charge is 2.27. The Morgan fingerprint density at radius 3 is 2.66 bits per heavy atom. The van der Waals surface area contributed by atoms with Crippen LogP contribution in [0.1, 0.15) is 64.0 Å². The number of carboxylic acids is 1. The lowest BCUT2D eigenvalue weighted by Gasteiger charge is -2.29. The SMILES string of the molecule is CCc1cc(-c2c(F)cccc2CCC(=O)O)ccc1S(=O)(=O)N(C)C[C@H](O)CNC(C)(C)CCCC1CC=CS1. The van der Waals surface area contributed by atoms with Crippen molar-refractivity contribution >= 4 is 27.8 Å². The number of nitrogens with one attached hydrogen (secondary N) is 1. The van der Waals surface area contributed by atoms with Crippen LogP contribution in [-0.2, 0) is 27.7 Å². The summed E-state index contributed by atoms with van der Waals surface area (Å²) >= 11 is 1.88. The predicted octanol–water partition coefficient (Wildman–Crippen LogP) is 5.61. The highest BCUT2D eigenvalue weighted by molar-refractivity contribution is 8.03. The molecule has 2 aromatic carbocycles. The molecule has 0 spiro atoms. The van der Waals surface area contributed by atoms with Crippen LogP contribution in [0.15, 0.2) is 52.8 Å². The molecule has 41 heavy (non-hydrogen) atoms. The number of halogens is 1. The van der Waals surface area contributed by atoms with Gasteiger partial charge in [-0.2, -0.15) is 4.31 Å². The van der Waals surface area contributed by atoms with Crippen LogP contribution >= 0.6 is 11.8 Å². The fourth-order valence-corrected chi connectivity index (χ4v) is 7.55. The number of nitrogens with zero attached hydrogens (tertiary/aromatic N) is 1. The molecule has 0 saturated carbocycles. The van der Waals surface area contributed by atoms with Crippen LogP contribution in [0.3, 0.4) is 0 Å². The summed E-state index contributed by atoms with van der Waals surface area (Å²) in [6.45, 7) is 6.20. The number of benzene rings is 2. The molecular weight excluding hydrogens is 563 g/mol. The maximum atomic E-state index is 14.9. The second-order valence-electron chi connectivity index (χ2n) is 11.3. The van der Waals surface area contributed by atoms with E-state index in [1.807, 2.05) is 18.7 Å². The minimum Gasteiger partial charge on any atom is -0.481 e. The first-order chi connectivity index (χ1) is 19.3. The molecule has 7 nitrogen and oxygen atoms in total. The quantitative estimate of drug-likeness (QED) is 0.228.